The first-order valence-corrected chi connectivity index (χ1v) is 7.13. The van der Waals surface area contributed by atoms with E-state index >= 15 is 0 Å². The van der Waals surface area contributed by atoms with Gasteiger partial charge in [0.1, 0.15) is 0 Å². The van der Waals surface area contributed by atoms with Gasteiger partial charge in [-0.1, -0.05) is 18.2 Å². The molecule has 0 saturated heterocycles. The summed E-state index contributed by atoms with van der Waals surface area (Å²) >= 11 is 0. The molecule has 4 aromatic rings. The molecule has 0 aliphatic heterocycles. The lowest BCUT2D eigenvalue weighted by molar-refractivity contribution is 0.776. The van der Waals surface area contributed by atoms with Crippen LogP contribution in [0.25, 0.3) is 28.0 Å². The third-order valence-electron chi connectivity index (χ3n) is 3.84. The van der Waals surface area contributed by atoms with Crippen molar-refractivity contribution in [3.8, 4) is 22.4 Å². The molecule has 108 valence electrons. The Morgan fingerprint density at radius 2 is 1.86 bits per heavy atom. The van der Waals surface area contributed by atoms with Crippen LogP contribution in [0.15, 0.2) is 55.0 Å². The van der Waals surface area contributed by atoms with Crippen molar-refractivity contribution in [2.24, 2.45) is 7.05 Å². The third kappa shape index (κ3) is 1.90. The second-order valence-electron chi connectivity index (χ2n) is 5.27. The molecule has 0 aliphatic carbocycles. The monoisotopic (exact) mass is 289 g/mol. The Kier molecular flexibility index (Phi) is 2.79. The number of aromatic nitrogens is 5. The van der Waals surface area contributed by atoms with Gasteiger partial charge >= 0.3 is 0 Å². The largest absolute Gasteiger partial charge is 0.268 e. The number of aryl methyl sites for hydroxylation is 2. The van der Waals surface area contributed by atoms with Gasteiger partial charge in [-0.05, 0) is 30.7 Å². The minimum absolute atomic E-state index is 0.877. The number of rotatable bonds is 2. The van der Waals surface area contributed by atoms with E-state index in [1.165, 1.54) is 0 Å². The van der Waals surface area contributed by atoms with Crippen molar-refractivity contribution in [2.45, 2.75) is 6.92 Å². The van der Waals surface area contributed by atoms with E-state index in [1.807, 2.05) is 47.7 Å². The smallest absolute Gasteiger partial charge is 0.163 e. The first-order valence-electron chi connectivity index (χ1n) is 7.13. The highest BCUT2D eigenvalue weighted by atomic mass is 15.3. The minimum atomic E-state index is 0.877. The summed E-state index contributed by atoms with van der Waals surface area (Å²) in [5, 5.41) is 8.78. The number of benzene rings is 1. The van der Waals surface area contributed by atoms with Crippen molar-refractivity contribution in [3.63, 3.8) is 0 Å². The van der Waals surface area contributed by atoms with Crippen molar-refractivity contribution >= 4 is 5.65 Å². The maximum atomic E-state index is 4.54. The second kappa shape index (κ2) is 4.80. The summed E-state index contributed by atoms with van der Waals surface area (Å²) in [6.45, 7) is 2.01. The van der Waals surface area contributed by atoms with E-state index in [1.54, 1.807) is 6.20 Å². The molecule has 0 amide bonds. The van der Waals surface area contributed by atoms with Gasteiger partial charge in [-0.25, -0.2) is 9.50 Å². The molecule has 3 heterocycles. The van der Waals surface area contributed by atoms with Crippen molar-refractivity contribution in [1.82, 2.24) is 24.4 Å². The van der Waals surface area contributed by atoms with E-state index < -0.39 is 0 Å². The van der Waals surface area contributed by atoms with Crippen LogP contribution in [0.4, 0.5) is 0 Å². The van der Waals surface area contributed by atoms with Gasteiger partial charge in [-0.2, -0.15) is 10.2 Å². The van der Waals surface area contributed by atoms with Crippen molar-refractivity contribution < 1.29 is 0 Å². The molecule has 0 unspecified atom stereocenters. The lowest BCUT2D eigenvalue weighted by Gasteiger charge is -2.06. The molecule has 0 spiro atoms. The fraction of sp³-hybridized carbons (Fsp3) is 0.118. The zero-order valence-electron chi connectivity index (χ0n) is 12.4. The summed E-state index contributed by atoms with van der Waals surface area (Å²) in [4.78, 5) is 4.47. The molecule has 5 heteroatoms. The maximum Gasteiger partial charge on any atom is 0.163 e. The second-order valence-corrected chi connectivity index (χ2v) is 5.27. The Labute approximate surface area is 127 Å². The predicted molar refractivity (Wildman–Crippen MR) is 85.4 cm³/mol. The van der Waals surface area contributed by atoms with Crippen LogP contribution in [0.2, 0.25) is 0 Å². The Morgan fingerprint density at radius 1 is 1.00 bits per heavy atom. The topological polar surface area (TPSA) is 48.0 Å². The third-order valence-corrected chi connectivity index (χ3v) is 3.84. The van der Waals surface area contributed by atoms with Gasteiger partial charge in [-0.15, -0.1) is 0 Å². The Morgan fingerprint density at radius 3 is 2.68 bits per heavy atom. The molecular formula is C17H15N5. The molecule has 0 saturated carbocycles. The molecular weight excluding hydrogens is 274 g/mol. The average Bonchev–Trinajstić information content (AvgIpc) is 3.09. The van der Waals surface area contributed by atoms with E-state index in [9.17, 15) is 0 Å². The van der Waals surface area contributed by atoms with Crippen LogP contribution in [-0.2, 0) is 7.05 Å². The van der Waals surface area contributed by atoms with E-state index in [2.05, 4.69) is 39.4 Å². The summed E-state index contributed by atoms with van der Waals surface area (Å²) < 4.78 is 3.70. The van der Waals surface area contributed by atoms with Gasteiger partial charge in [0, 0.05) is 36.8 Å². The summed E-state index contributed by atoms with van der Waals surface area (Å²) in [5.74, 6) is 0. The van der Waals surface area contributed by atoms with E-state index in [4.69, 9.17) is 0 Å². The molecule has 0 atom stereocenters. The standard InChI is InChI=1S/C17H15N5/c1-12-16(17-18-8-4-10-22(17)20-12)14-6-3-5-13(11-14)15-7-9-19-21(15)2/h3-11H,1-2H3. The van der Waals surface area contributed by atoms with Crippen molar-refractivity contribution in [2.75, 3.05) is 0 Å². The SMILES string of the molecule is Cc1nn2cccnc2c1-c1cccc(-c2ccnn2C)c1. The lowest BCUT2D eigenvalue weighted by atomic mass is 10.0. The predicted octanol–water partition coefficient (Wildman–Crippen LogP) is 3.11. The molecule has 22 heavy (non-hydrogen) atoms. The molecule has 0 N–H and O–H groups in total. The number of nitrogens with zero attached hydrogens (tertiary/aromatic N) is 5. The summed E-state index contributed by atoms with van der Waals surface area (Å²) in [5.41, 5.74) is 6.26. The zero-order chi connectivity index (χ0) is 15.1. The minimum Gasteiger partial charge on any atom is -0.268 e. The van der Waals surface area contributed by atoms with Gasteiger partial charge in [0.15, 0.2) is 5.65 Å². The quantitative estimate of drug-likeness (QED) is 0.569. The fourth-order valence-corrected chi connectivity index (χ4v) is 2.83. The first-order chi connectivity index (χ1) is 10.7. The molecule has 0 radical (unpaired) electrons. The molecule has 5 nitrogen and oxygen atoms in total. The van der Waals surface area contributed by atoms with Gasteiger partial charge < -0.3 is 0 Å². The fourth-order valence-electron chi connectivity index (χ4n) is 2.83. The molecule has 0 bridgehead atoms. The lowest BCUT2D eigenvalue weighted by Crippen LogP contribution is -1.93. The Balaban J connectivity index is 1.93. The number of hydrogen-bond donors (Lipinski definition) is 0. The van der Waals surface area contributed by atoms with Gasteiger partial charge in [0.2, 0.25) is 0 Å². The van der Waals surface area contributed by atoms with E-state index in [0.717, 1.165) is 33.7 Å². The Bertz CT molecular complexity index is 964. The highest BCUT2D eigenvalue weighted by Gasteiger charge is 2.13. The summed E-state index contributed by atoms with van der Waals surface area (Å²) in [6, 6.07) is 12.3. The molecule has 3 aromatic heterocycles. The van der Waals surface area contributed by atoms with Gasteiger partial charge in [0.25, 0.3) is 0 Å². The first kappa shape index (κ1) is 12.8. The average molecular weight is 289 g/mol. The normalized spacial score (nSPS) is 11.2. The molecule has 1 aromatic carbocycles. The van der Waals surface area contributed by atoms with Crippen LogP contribution in [0.1, 0.15) is 5.69 Å². The van der Waals surface area contributed by atoms with Gasteiger partial charge in [0.05, 0.1) is 11.4 Å². The Hall–Kier alpha value is -2.95. The van der Waals surface area contributed by atoms with Crippen molar-refractivity contribution in [1.29, 1.82) is 0 Å². The number of fused-ring (bicyclic) bond motifs is 1. The number of hydrogen-bond acceptors (Lipinski definition) is 3. The van der Waals surface area contributed by atoms with Crippen LogP contribution in [-0.4, -0.2) is 24.4 Å². The summed E-state index contributed by atoms with van der Waals surface area (Å²) in [6.07, 6.45) is 5.53. The highest BCUT2D eigenvalue weighted by molar-refractivity contribution is 5.82. The molecule has 0 aliphatic rings. The van der Waals surface area contributed by atoms with E-state index in [-0.39, 0.29) is 0 Å². The van der Waals surface area contributed by atoms with E-state index in [0.29, 0.717) is 0 Å². The van der Waals surface area contributed by atoms with Crippen molar-refractivity contribution in [3.05, 3.63) is 60.7 Å². The highest BCUT2D eigenvalue weighted by Crippen LogP contribution is 2.30. The maximum absolute atomic E-state index is 4.54. The molecule has 0 fully saturated rings. The summed E-state index contributed by atoms with van der Waals surface area (Å²) in [7, 11) is 1.95. The van der Waals surface area contributed by atoms with Crippen LogP contribution in [0.5, 0.6) is 0 Å². The molecule has 4 rings (SSSR count). The van der Waals surface area contributed by atoms with Gasteiger partial charge in [-0.3, -0.25) is 4.68 Å². The van der Waals surface area contributed by atoms with Crippen LogP contribution < -0.4 is 0 Å². The van der Waals surface area contributed by atoms with Crippen LogP contribution in [0.3, 0.4) is 0 Å². The zero-order valence-corrected chi connectivity index (χ0v) is 12.4. The van der Waals surface area contributed by atoms with Crippen LogP contribution in [0, 0.1) is 6.92 Å². The van der Waals surface area contributed by atoms with Crippen LogP contribution >= 0.6 is 0 Å².